The molecule has 3 rings (SSSR count). The van der Waals surface area contributed by atoms with Crippen LogP contribution in [0.4, 0.5) is 5.69 Å². The monoisotopic (exact) mass is 377 g/mol. The molecule has 2 saturated heterocycles. The minimum absolute atomic E-state index is 0.0836. The molecule has 26 heavy (non-hydrogen) atoms. The second kappa shape index (κ2) is 6.62. The number of fused-ring (bicyclic) bond motifs is 2. The average Bonchev–Trinajstić information content (AvgIpc) is 2.85. The van der Waals surface area contributed by atoms with E-state index in [1.165, 1.54) is 5.56 Å². The quantitative estimate of drug-likeness (QED) is 0.588. The third-order valence-electron chi connectivity index (χ3n) is 6.90. The summed E-state index contributed by atoms with van der Waals surface area (Å²) in [5, 5.41) is 10.3. The molecular formula is C21H35NO3Si. The SMILES string of the molecule is CC(C)(C)[Si](C)(C)OC[C@]12CC[C@](CO)(C[C@@H](c3ccc(N)cc3)C1)O2. The normalized spacial score (nSPS) is 32.0. The number of nitrogens with two attached hydrogens (primary N) is 1. The van der Waals surface area contributed by atoms with Gasteiger partial charge < -0.3 is 20.0 Å². The molecule has 3 atom stereocenters. The molecule has 2 bridgehead atoms. The van der Waals surface area contributed by atoms with Crippen molar-refractivity contribution in [3.8, 4) is 0 Å². The fourth-order valence-electron chi connectivity index (χ4n) is 4.14. The maximum Gasteiger partial charge on any atom is 0.192 e. The summed E-state index contributed by atoms with van der Waals surface area (Å²) in [5.41, 5.74) is 7.25. The van der Waals surface area contributed by atoms with Crippen LogP contribution in [0.15, 0.2) is 24.3 Å². The average molecular weight is 378 g/mol. The van der Waals surface area contributed by atoms with Crippen molar-refractivity contribution in [2.75, 3.05) is 18.9 Å². The Balaban J connectivity index is 1.81. The largest absolute Gasteiger partial charge is 0.414 e. The molecule has 2 aliphatic heterocycles. The van der Waals surface area contributed by atoms with Crippen molar-refractivity contribution in [2.24, 2.45) is 0 Å². The van der Waals surface area contributed by atoms with Gasteiger partial charge in [0, 0.05) is 5.69 Å². The first kappa shape index (κ1) is 19.9. The van der Waals surface area contributed by atoms with Gasteiger partial charge in [-0.25, -0.2) is 0 Å². The first-order chi connectivity index (χ1) is 12.0. The molecule has 0 aromatic heterocycles. The van der Waals surface area contributed by atoms with Gasteiger partial charge >= 0.3 is 0 Å². The number of anilines is 1. The number of rotatable bonds is 5. The highest BCUT2D eigenvalue weighted by Gasteiger charge is 2.56. The van der Waals surface area contributed by atoms with Crippen LogP contribution in [0.25, 0.3) is 0 Å². The molecular weight excluding hydrogens is 342 g/mol. The maximum absolute atomic E-state index is 10.1. The van der Waals surface area contributed by atoms with E-state index in [2.05, 4.69) is 46.0 Å². The molecule has 1 aromatic carbocycles. The van der Waals surface area contributed by atoms with Crippen LogP contribution < -0.4 is 5.73 Å². The van der Waals surface area contributed by atoms with Gasteiger partial charge in [0.1, 0.15) is 0 Å². The van der Waals surface area contributed by atoms with E-state index in [0.29, 0.717) is 12.5 Å². The van der Waals surface area contributed by atoms with Crippen LogP contribution in [0.3, 0.4) is 0 Å². The van der Waals surface area contributed by atoms with Gasteiger partial charge in [-0.1, -0.05) is 32.9 Å². The van der Waals surface area contributed by atoms with Crippen molar-refractivity contribution in [1.29, 1.82) is 0 Å². The van der Waals surface area contributed by atoms with Gasteiger partial charge in [0.25, 0.3) is 0 Å². The number of benzene rings is 1. The molecule has 2 fully saturated rings. The minimum Gasteiger partial charge on any atom is -0.414 e. The van der Waals surface area contributed by atoms with Gasteiger partial charge in [0.2, 0.25) is 0 Å². The summed E-state index contributed by atoms with van der Waals surface area (Å²) in [6.45, 7) is 12.1. The van der Waals surface area contributed by atoms with E-state index in [1.54, 1.807) is 0 Å². The number of ether oxygens (including phenoxy) is 1. The highest BCUT2D eigenvalue weighted by Crippen LogP contribution is 2.54. The lowest BCUT2D eigenvalue weighted by atomic mass is 9.80. The van der Waals surface area contributed by atoms with E-state index in [4.69, 9.17) is 14.9 Å². The summed E-state index contributed by atoms with van der Waals surface area (Å²) in [6.07, 6.45) is 3.70. The molecule has 0 amide bonds. The summed E-state index contributed by atoms with van der Waals surface area (Å²) < 4.78 is 13.1. The highest BCUT2D eigenvalue weighted by molar-refractivity contribution is 6.74. The molecule has 0 spiro atoms. The van der Waals surface area contributed by atoms with Gasteiger partial charge in [-0.15, -0.1) is 0 Å². The Morgan fingerprint density at radius 2 is 1.73 bits per heavy atom. The Morgan fingerprint density at radius 3 is 2.31 bits per heavy atom. The molecule has 0 radical (unpaired) electrons. The topological polar surface area (TPSA) is 64.7 Å². The fourth-order valence-corrected chi connectivity index (χ4v) is 5.20. The van der Waals surface area contributed by atoms with Crippen molar-refractivity contribution in [3.63, 3.8) is 0 Å². The van der Waals surface area contributed by atoms with Crippen LogP contribution in [-0.4, -0.2) is 37.8 Å². The van der Waals surface area contributed by atoms with E-state index in [9.17, 15) is 5.11 Å². The standard InChI is InChI=1S/C21H35NO3Si/c1-19(2,3)26(4,5)24-15-21-11-10-20(14-23,25-21)12-17(13-21)16-6-8-18(22)9-7-16/h6-9,17,23H,10-15,22H2,1-5H3/t17-,20-,21+/m1/s1. The van der Waals surface area contributed by atoms with Crippen molar-refractivity contribution in [3.05, 3.63) is 29.8 Å². The number of hydrogen-bond acceptors (Lipinski definition) is 4. The van der Waals surface area contributed by atoms with Crippen molar-refractivity contribution in [2.45, 2.75) is 81.7 Å². The Bertz CT molecular complexity index is 640. The van der Waals surface area contributed by atoms with E-state index >= 15 is 0 Å². The summed E-state index contributed by atoms with van der Waals surface area (Å²) in [6, 6.07) is 8.19. The van der Waals surface area contributed by atoms with Crippen LogP contribution in [0.1, 0.15) is 57.9 Å². The lowest BCUT2D eigenvalue weighted by molar-refractivity contribution is -0.175. The number of aliphatic hydroxyl groups excluding tert-OH is 1. The summed E-state index contributed by atoms with van der Waals surface area (Å²) in [4.78, 5) is 0. The second-order valence-corrected chi connectivity index (χ2v) is 14.8. The smallest absolute Gasteiger partial charge is 0.192 e. The van der Waals surface area contributed by atoms with Crippen LogP contribution >= 0.6 is 0 Å². The molecule has 5 heteroatoms. The summed E-state index contributed by atoms with van der Waals surface area (Å²) >= 11 is 0. The molecule has 0 saturated carbocycles. The van der Waals surface area contributed by atoms with Gasteiger partial charge in [-0.3, -0.25) is 0 Å². The zero-order valence-electron chi connectivity index (χ0n) is 17.0. The minimum atomic E-state index is -1.84. The van der Waals surface area contributed by atoms with E-state index in [0.717, 1.165) is 31.4 Å². The number of hydrogen-bond donors (Lipinski definition) is 2. The molecule has 0 aliphatic carbocycles. The first-order valence-corrected chi connectivity index (χ1v) is 12.7. The third-order valence-corrected chi connectivity index (χ3v) is 11.4. The Labute approximate surface area is 159 Å². The maximum atomic E-state index is 10.1. The van der Waals surface area contributed by atoms with E-state index < -0.39 is 13.9 Å². The fraction of sp³-hybridized carbons (Fsp3) is 0.714. The Kier molecular flexibility index (Phi) is 5.06. The molecule has 4 nitrogen and oxygen atoms in total. The Hall–Kier alpha value is -0.883. The van der Waals surface area contributed by atoms with E-state index in [1.807, 2.05) is 12.1 Å². The van der Waals surface area contributed by atoms with Crippen molar-refractivity contribution >= 4 is 14.0 Å². The summed E-state index contributed by atoms with van der Waals surface area (Å²) in [5.74, 6) is 0.377. The lowest BCUT2D eigenvalue weighted by Gasteiger charge is -2.46. The molecule has 0 unspecified atom stereocenters. The molecule has 2 aliphatic rings. The molecule has 146 valence electrons. The van der Waals surface area contributed by atoms with Crippen LogP contribution in [0, 0.1) is 0 Å². The predicted molar refractivity (Wildman–Crippen MR) is 109 cm³/mol. The second-order valence-electron chi connectivity index (χ2n) is 9.95. The van der Waals surface area contributed by atoms with Crippen LogP contribution in [0.2, 0.25) is 18.1 Å². The molecule has 1 aromatic rings. The van der Waals surface area contributed by atoms with Gasteiger partial charge in [-0.2, -0.15) is 0 Å². The Morgan fingerprint density at radius 1 is 1.15 bits per heavy atom. The van der Waals surface area contributed by atoms with Gasteiger partial charge in [0.15, 0.2) is 8.32 Å². The zero-order chi connectivity index (χ0) is 19.2. The van der Waals surface area contributed by atoms with Gasteiger partial charge in [-0.05, 0) is 67.4 Å². The van der Waals surface area contributed by atoms with Crippen LogP contribution in [-0.2, 0) is 9.16 Å². The molecule has 2 heterocycles. The zero-order valence-corrected chi connectivity index (χ0v) is 18.0. The number of aliphatic hydroxyl groups is 1. The summed E-state index contributed by atoms with van der Waals surface area (Å²) in [7, 11) is -1.84. The van der Waals surface area contributed by atoms with Crippen molar-refractivity contribution in [1.82, 2.24) is 0 Å². The number of nitrogen functional groups attached to an aromatic ring is 1. The highest BCUT2D eigenvalue weighted by atomic mass is 28.4. The molecule has 3 N–H and O–H groups in total. The van der Waals surface area contributed by atoms with Crippen molar-refractivity contribution < 1.29 is 14.3 Å². The first-order valence-electron chi connectivity index (χ1n) is 9.80. The van der Waals surface area contributed by atoms with Crippen LogP contribution in [0.5, 0.6) is 0 Å². The predicted octanol–water partition coefficient (Wildman–Crippen LogP) is 4.45. The lowest BCUT2D eigenvalue weighted by Crippen LogP contribution is -2.51. The van der Waals surface area contributed by atoms with Gasteiger partial charge in [0.05, 0.1) is 24.4 Å². The third kappa shape index (κ3) is 3.72. The van der Waals surface area contributed by atoms with E-state index in [-0.39, 0.29) is 17.2 Å².